The average Bonchev–Trinajstić information content (AvgIpc) is 3.12. The number of hydrogen-bond donors (Lipinski definition) is 0. The number of halogens is 1. The summed E-state index contributed by atoms with van der Waals surface area (Å²) in [6.45, 7) is 7.07. The zero-order chi connectivity index (χ0) is 18.9. The molecule has 1 saturated heterocycles. The second kappa shape index (κ2) is 7.73. The first-order chi connectivity index (χ1) is 13.0. The smallest absolute Gasteiger partial charge is 0.234 e. The molecule has 0 saturated carbocycles. The van der Waals surface area contributed by atoms with Gasteiger partial charge in [-0.1, -0.05) is 35.8 Å². The molecule has 2 aromatic heterocycles. The third-order valence-electron chi connectivity index (χ3n) is 4.82. The normalized spacial score (nSPS) is 16.6. The van der Waals surface area contributed by atoms with E-state index in [2.05, 4.69) is 15.1 Å². The van der Waals surface area contributed by atoms with Gasteiger partial charge >= 0.3 is 0 Å². The van der Waals surface area contributed by atoms with Crippen LogP contribution in [-0.2, 0) is 12.1 Å². The molecule has 1 aliphatic heterocycles. The predicted molar refractivity (Wildman–Crippen MR) is 108 cm³/mol. The lowest BCUT2D eigenvalue weighted by atomic mass is 10.1. The van der Waals surface area contributed by atoms with Crippen molar-refractivity contribution in [2.75, 3.05) is 13.1 Å². The Balaban J connectivity index is 1.54. The van der Waals surface area contributed by atoms with Crippen LogP contribution >= 0.6 is 22.9 Å². The van der Waals surface area contributed by atoms with Crippen molar-refractivity contribution >= 4 is 27.9 Å². The van der Waals surface area contributed by atoms with E-state index in [1.54, 1.807) is 0 Å². The van der Waals surface area contributed by atoms with Gasteiger partial charge in [-0.25, -0.2) is 0 Å². The van der Waals surface area contributed by atoms with E-state index in [1.807, 2.05) is 42.6 Å². The minimum Gasteiger partial charge on any atom is -0.481 e. The fourth-order valence-corrected chi connectivity index (χ4v) is 4.36. The highest BCUT2D eigenvalue weighted by molar-refractivity contribution is 7.16. The van der Waals surface area contributed by atoms with Crippen molar-refractivity contribution in [3.8, 4) is 5.75 Å². The number of benzene rings is 1. The molecule has 1 aromatic carbocycles. The molecule has 1 aliphatic rings. The molecule has 3 heterocycles. The van der Waals surface area contributed by atoms with E-state index < -0.39 is 5.60 Å². The molecule has 0 amide bonds. The standard InChI is InChI=1S/C19H24ClN5OS/c1-19(2,26-15-9-7-14(20)8-10-15)17-23-25-16(21-22-18(25)27-17)13-24-11-5-3-4-6-12-24/h7-10H,3-6,11-13H2,1-2H3. The number of aromatic nitrogens is 4. The maximum atomic E-state index is 6.17. The highest BCUT2D eigenvalue weighted by Crippen LogP contribution is 2.31. The third kappa shape index (κ3) is 4.25. The second-order valence-electron chi connectivity index (χ2n) is 7.47. The Morgan fingerprint density at radius 2 is 1.78 bits per heavy atom. The fraction of sp³-hybridized carbons (Fsp3) is 0.526. The molecule has 3 aromatic rings. The van der Waals surface area contributed by atoms with E-state index in [4.69, 9.17) is 21.4 Å². The van der Waals surface area contributed by atoms with Gasteiger partial charge in [0.15, 0.2) is 16.4 Å². The van der Waals surface area contributed by atoms with Gasteiger partial charge in [0.25, 0.3) is 0 Å². The summed E-state index contributed by atoms with van der Waals surface area (Å²) in [6.07, 6.45) is 5.16. The minimum atomic E-state index is -0.570. The molecule has 4 rings (SSSR count). The first-order valence-corrected chi connectivity index (χ1v) is 10.6. The van der Waals surface area contributed by atoms with Crippen LogP contribution in [0.5, 0.6) is 5.75 Å². The summed E-state index contributed by atoms with van der Waals surface area (Å²) < 4.78 is 8.04. The van der Waals surface area contributed by atoms with E-state index in [1.165, 1.54) is 37.0 Å². The van der Waals surface area contributed by atoms with Gasteiger partial charge in [-0.05, 0) is 64.0 Å². The van der Waals surface area contributed by atoms with Gasteiger partial charge in [-0.15, -0.1) is 10.2 Å². The Kier molecular flexibility index (Phi) is 5.34. The highest BCUT2D eigenvalue weighted by atomic mass is 35.5. The summed E-state index contributed by atoms with van der Waals surface area (Å²) >= 11 is 7.48. The van der Waals surface area contributed by atoms with E-state index in [9.17, 15) is 0 Å². The number of ether oxygens (including phenoxy) is 1. The summed E-state index contributed by atoms with van der Waals surface area (Å²) in [6, 6.07) is 7.39. The predicted octanol–water partition coefficient (Wildman–Crippen LogP) is 4.53. The van der Waals surface area contributed by atoms with Gasteiger partial charge in [0.1, 0.15) is 5.75 Å². The zero-order valence-electron chi connectivity index (χ0n) is 15.7. The van der Waals surface area contributed by atoms with Gasteiger partial charge in [0.2, 0.25) is 4.96 Å². The minimum absolute atomic E-state index is 0.570. The van der Waals surface area contributed by atoms with Crippen LogP contribution in [0.25, 0.3) is 4.96 Å². The van der Waals surface area contributed by atoms with Crippen molar-refractivity contribution in [2.45, 2.75) is 51.7 Å². The average molecular weight is 406 g/mol. The molecule has 27 heavy (non-hydrogen) atoms. The van der Waals surface area contributed by atoms with Crippen molar-refractivity contribution < 1.29 is 4.74 Å². The van der Waals surface area contributed by atoms with Crippen molar-refractivity contribution in [3.63, 3.8) is 0 Å². The molecule has 0 atom stereocenters. The van der Waals surface area contributed by atoms with Gasteiger partial charge in [-0.3, -0.25) is 4.90 Å². The molecule has 0 spiro atoms. The maximum absolute atomic E-state index is 6.17. The molecule has 0 bridgehead atoms. The van der Waals surface area contributed by atoms with Crippen LogP contribution < -0.4 is 4.74 Å². The second-order valence-corrected chi connectivity index (χ2v) is 8.87. The van der Waals surface area contributed by atoms with Crippen molar-refractivity contribution in [3.05, 3.63) is 40.1 Å². The van der Waals surface area contributed by atoms with Gasteiger partial charge < -0.3 is 4.74 Å². The maximum Gasteiger partial charge on any atom is 0.234 e. The molecule has 0 N–H and O–H groups in total. The Hall–Kier alpha value is -1.70. The highest BCUT2D eigenvalue weighted by Gasteiger charge is 2.29. The largest absolute Gasteiger partial charge is 0.481 e. The van der Waals surface area contributed by atoms with Crippen molar-refractivity contribution in [1.29, 1.82) is 0 Å². The van der Waals surface area contributed by atoms with E-state index >= 15 is 0 Å². The van der Waals surface area contributed by atoms with Crippen molar-refractivity contribution in [1.82, 2.24) is 24.7 Å². The summed E-state index contributed by atoms with van der Waals surface area (Å²) in [5.41, 5.74) is -0.570. The first kappa shape index (κ1) is 18.7. The molecule has 0 radical (unpaired) electrons. The molecule has 8 heteroatoms. The number of fused-ring (bicyclic) bond motifs is 1. The molecular weight excluding hydrogens is 382 g/mol. The number of likely N-dealkylation sites (tertiary alicyclic amines) is 1. The first-order valence-electron chi connectivity index (χ1n) is 9.40. The van der Waals surface area contributed by atoms with Gasteiger partial charge in [0.05, 0.1) is 6.54 Å². The lowest BCUT2D eigenvalue weighted by Gasteiger charge is -2.23. The number of hydrogen-bond acceptors (Lipinski definition) is 6. The van der Waals surface area contributed by atoms with E-state index in [0.29, 0.717) is 5.02 Å². The lowest BCUT2D eigenvalue weighted by molar-refractivity contribution is 0.107. The van der Waals surface area contributed by atoms with Crippen LogP contribution in [0.2, 0.25) is 5.02 Å². The Labute approximate surface area is 168 Å². The summed E-state index contributed by atoms with van der Waals surface area (Å²) in [4.78, 5) is 3.26. The van der Waals surface area contributed by atoms with Crippen LogP contribution in [0.4, 0.5) is 0 Å². The quantitative estimate of drug-likeness (QED) is 0.624. The van der Waals surface area contributed by atoms with Crippen LogP contribution in [0.3, 0.4) is 0 Å². The summed E-state index contributed by atoms with van der Waals surface area (Å²) in [5.74, 6) is 1.66. The molecule has 6 nitrogen and oxygen atoms in total. The summed E-state index contributed by atoms with van der Waals surface area (Å²) in [7, 11) is 0. The Morgan fingerprint density at radius 1 is 1.07 bits per heavy atom. The van der Waals surface area contributed by atoms with Crippen LogP contribution in [-0.4, -0.2) is 37.8 Å². The van der Waals surface area contributed by atoms with Gasteiger partial charge in [0, 0.05) is 5.02 Å². The topological polar surface area (TPSA) is 55.6 Å². The molecule has 1 fully saturated rings. The van der Waals surface area contributed by atoms with Crippen LogP contribution in [0, 0.1) is 0 Å². The summed E-state index contributed by atoms with van der Waals surface area (Å²) in [5, 5.41) is 15.0. The Morgan fingerprint density at radius 3 is 2.48 bits per heavy atom. The lowest BCUT2D eigenvalue weighted by Crippen LogP contribution is -2.26. The zero-order valence-corrected chi connectivity index (χ0v) is 17.3. The van der Waals surface area contributed by atoms with Crippen molar-refractivity contribution in [2.24, 2.45) is 0 Å². The van der Waals surface area contributed by atoms with E-state index in [-0.39, 0.29) is 0 Å². The number of rotatable bonds is 5. The van der Waals surface area contributed by atoms with Crippen LogP contribution in [0.15, 0.2) is 24.3 Å². The fourth-order valence-electron chi connectivity index (χ4n) is 3.33. The monoisotopic (exact) mass is 405 g/mol. The molecule has 0 aliphatic carbocycles. The molecular formula is C19H24ClN5OS. The SMILES string of the molecule is CC(C)(Oc1ccc(Cl)cc1)c1nn2c(CN3CCCCCC3)nnc2s1. The number of nitrogens with zero attached hydrogens (tertiary/aromatic N) is 5. The third-order valence-corrected chi connectivity index (χ3v) is 6.28. The van der Waals surface area contributed by atoms with E-state index in [0.717, 1.165) is 41.2 Å². The molecule has 144 valence electrons. The Bertz CT molecular complexity index is 897. The van der Waals surface area contributed by atoms with Crippen LogP contribution in [0.1, 0.15) is 50.4 Å². The molecule has 0 unspecified atom stereocenters. The van der Waals surface area contributed by atoms with Gasteiger partial charge in [-0.2, -0.15) is 9.61 Å².